The van der Waals surface area contributed by atoms with Crippen LogP contribution in [0.3, 0.4) is 0 Å². The number of aliphatic hydroxyl groups is 1. The van der Waals surface area contributed by atoms with Crippen molar-refractivity contribution in [1.29, 1.82) is 0 Å². The van der Waals surface area contributed by atoms with Crippen LogP contribution >= 0.6 is 0 Å². The Kier molecular flexibility index (Phi) is 6.71. The second-order valence-electron chi connectivity index (χ2n) is 5.42. The third-order valence-corrected chi connectivity index (χ3v) is 3.47. The maximum Gasteiger partial charge on any atom is 0.324 e. The van der Waals surface area contributed by atoms with E-state index in [1.807, 2.05) is 0 Å². The molecule has 0 radical (unpaired) electrons. The fourth-order valence-corrected chi connectivity index (χ4v) is 2.16. The van der Waals surface area contributed by atoms with Crippen molar-refractivity contribution in [3.63, 3.8) is 0 Å². The minimum Gasteiger partial charge on any atom is -0.481 e. The first kappa shape index (κ1) is 19.4. The summed E-state index contributed by atoms with van der Waals surface area (Å²) in [5.41, 5.74) is 0.325. The summed E-state index contributed by atoms with van der Waals surface area (Å²) >= 11 is 0. The summed E-state index contributed by atoms with van der Waals surface area (Å²) in [6.45, 7) is 4.28. The zero-order chi connectivity index (χ0) is 18.4. The minimum absolute atomic E-state index is 0.127. The summed E-state index contributed by atoms with van der Waals surface area (Å²) in [5, 5.41) is 23.6. The van der Waals surface area contributed by atoms with Crippen molar-refractivity contribution in [3.8, 4) is 0 Å². The highest BCUT2D eigenvalue weighted by molar-refractivity contribution is 5.93. The van der Waals surface area contributed by atoms with E-state index in [9.17, 15) is 29.4 Å². The standard InChI is InChI=1S/C14H22N4O6/c1-4-17(13(23)15-9(3)19)6-10(12(21)22)7-18-5-8(2)11(20)16-14(18)24/h5,10,14,24H,4,6-7H2,1-3H3,(H,16,20)(H,21,22)(H,15,19,23). The van der Waals surface area contributed by atoms with Crippen LogP contribution in [0.2, 0.25) is 0 Å². The molecule has 1 rings (SSSR count). The molecule has 10 heteroatoms. The van der Waals surface area contributed by atoms with Crippen molar-refractivity contribution in [2.75, 3.05) is 19.6 Å². The molecule has 0 aromatic heterocycles. The number of aliphatic carboxylic acids is 1. The normalized spacial score (nSPS) is 18.3. The van der Waals surface area contributed by atoms with Gasteiger partial charge in [-0.1, -0.05) is 0 Å². The van der Waals surface area contributed by atoms with Gasteiger partial charge in [0, 0.05) is 38.3 Å². The third kappa shape index (κ3) is 5.23. The molecule has 0 saturated heterocycles. The van der Waals surface area contributed by atoms with Crippen molar-refractivity contribution in [3.05, 3.63) is 11.8 Å². The second-order valence-corrected chi connectivity index (χ2v) is 5.42. The predicted molar refractivity (Wildman–Crippen MR) is 82.2 cm³/mol. The van der Waals surface area contributed by atoms with E-state index in [-0.39, 0.29) is 19.6 Å². The zero-order valence-corrected chi connectivity index (χ0v) is 13.8. The fourth-order valence-electron chi connectivity index (χ4n) is 2.16. The molecule has 0 spiro atoms. The third-order valence-electron chi connectivity index (χ3n) is 3.47. The van der Waals surface area contributed by atoms with E-state index in [0.717, 1.165) is 0 Å². The van der Waals surface area contributed by atoms with Gasteiger partial charge in [-0.05, 0) is 13.8 Å². The van der Waals surface area contributed by atoms with Crippen molar-refractivity contribution in [2.24, 2.45) is 5.92 Å². The van der Waals surface area contributed by atoms with Crippen LogP contribution < -0.4 is 10.6 Å². The number of urea groups is 1. The molecule has 0 saturated carbocycles. The van der Waals surface area contributed by atoms with Crippen LogP contribution in [0.5, 0.6) is 0 Å². The lowest BCUT2D eigenvalue weighted by Gasteiger charge is -2.34. The lowest BCUT2D eigenvalue weighted by atomic mass is 10.1. The maximum absolute atomic E-state index is 11.9. The number of carboxylic acids is 1. The highest BCUT2D eigenvalue weighted by Gasteiger charge is 2.30. The van der Waals surface area contributed by atoms with Gasteiger partial charge >= 0.3 is 12.0 Å². The highest BCUT2D eigenvalue weighted by Crippen LogP contribution is 2.12. The number of nitrogens with zero attached hydrogens (tertiary/aromatic N) is 2. The quantitative estimate of drug-likeness (QED) is 0.479. The number of aliphatic hydroxyl groups excluding tert-OH is 1. The molecule has 0 aromatic carbocycles. The number of imide groups is 1. The summed E-state index contributed by atoms with van der Waals surface area (Å²) in [5.74, 6) is -3.18. The van der Waals surface area contributed by atoms with Gasteiger partial charge in [0.05, 0.1) is 5.92 Å². The Balaban J connectivity index is 2.83. The molecule has 0 fully saturated rings. The van der Waals surface area contributed by atoms with Gasteiger partial charge < -0.3 is 25.3 Å². The molecule has 4 N–H and O–H groups in total. The first-order valence-corrected chi connectivity index (χ1v) is 7.38. The molecule has 10 nitrogen and oxygen atoms in total. The lowest BCUT2D eigenvalue weighted by Crippen LogP contribution is -2.53. The van der Waals surface area contributed by atoms with E-state index < -0.39 is 36.1 Å². The van der Waals surface area contributed by atoms with Crippen LogP contribution in [0.4, 0.5) is 4.79 Å². The van der Waals surface area contributed by atoms with Gasteiger partial charge in [0.1, 0.15) is 0 Å². The number of rotatable bonds is 6. The van der Waals surface area contributed by atoms with Gasteiger partial charge in [0.25, 0.3) is 5.91 Å². The lowest BCUT2D eigenvalue weighted by molar-refractivity contribution is -0.144. The molecule has 0 aliphatic carbocycles. The van der Waals surface area contributed by atoms with Crippen molar-refractivity contribution in [1.82, 2.24) is 20.4 Å². The maximum atomic E-state index is 11.9. The Labute approximate surface area is 139 Å². The molecule has 0 bridgehead atoms. The van der Waals surface area contributed by atoms with Crippen LogP contribution in [0.15, 0.2) is 11.8 Å². The SMILES string of the molecule is CCN(CC(CN1C=C(C)C(=O)NC1O)C(=O)O)C(=O)NC(C)=O. The van der Waals surface area contributed by atoms with Crippen molar-refractivity contribution in [2.45, 2.75) is 27.1 Å². The summed E-state index contributed by atoms with van der Waals surface area (Å²) < 4.78 is 0. The molecule has 2 unspecified atom stereocenters. The average molecular weight is 342 g/mol. The molecule has 24 heavy (non-hydrogen) atoms. The van der Waals surface area contributed by atoms with Crippen LogP contribution in [0, 0.1) is 5.92 Å². The number of hydrogen-bond acceptors (Lipinski definition) is 6. The van der Waals surface area contributed by atoms with Gasteiger partial charge in [-0.2, -0.15) is 0 Å². The second kappa shape index (κ2) is 8.29. The smallest absolute Gasteiger partial charge is 0.324 e. The first-order chi connectivity index (χ1) is 11.1. The van der Waals surface area contributed by atoms with Gasteiger partial charge in [-0.25, -0.2) is 4.79 Å². The molecule has 1 aliphatic rings. The van der Waals surface area contributed by atoms with Crippen LogP contribution in [-0.2, 0) is 14.4 Å². The topological polar surface area (TPSA) is 139 Å². The molecule has 134 valence electrons. The number of amides is 4. The van der Waals surface area contributed by atoms with Gasteiger partial charge in [0.2, 0.25) is 12.3 Å². The number of carbonyl (C=O) groups excluding carboxylic acids is 3. The van der Waals surface area contributed by atoms with E-state index in [0.29, 0.717) is 5.57 Å². The Hall–Kier alpha value is -2.62. The highest BCUT2D eigenvalue weighted by atomic mass is 16.4. The van der Waals surface area contributed by atoms with Crippen molar-refractivity contribution < 1.29 is 29.4 Å². The first-order valence-electron chi connectivity index (χ1n) is 7.38. The predicted octanol–water partition coefficient (Wildman–Crippen LogP) is -1.12. The number of nitrogens with one attached hydrogen (secondary N) is 2. The molecule has 0 aromatic rings. The summed E-state index contributed by atoms with van der Waals surface area (Å²) in [6, 6.07) is -0.685. The summed E-state index contributed by atoms with van der Waals surface area (Å²) in [7, 11) is 0. The Morgan fingerprint density at radius 1 is 1.46 bits per heavy atom. The van der Waals surface area contributed by atoms with Crippen LogP contribution in [0.25, 0.3) is 0 Å². The van der Waals surface area contributed by atoms with E-state index in [1.54, 1.807) is 6.92 Å². The Morgan fingerprint density at radius 2 is 2.08 bits per heavy atom. The zero-order valence-electron chi connectivity index (χ0n) is 13.8. The molecule has 4 amide bonds. The number of carboxylic acid groups (broad SMARTS) is 1. The van der Waals surface area contributed by atoms with Gasteiger partial charge in [-0.3, -0.25) is 19.7 Å². The van der Waals surface area contributed by atoms with Crippen LogP contribution in [-0.4, -0.2) is 69.8 Å². The van der Waals surface area contributed by atoms with E-state index >= 15 is 0 Å². The fraction of sp³-hybridized carbons (Fsp3) is 0.571. The summed E-state index contributed by atoms with van der Waals surface area (Å²) in [6.07, 6.45) is 0.0231. The van der Waals surface area contributed by atoms with Crippen LogP contribution in [0.1, 0.15) is 20.8 Å². The minimum atomic E-state index is -1.34. The summed E-state index contributed by atoms with van der Waals surface area (Å²) in [4.78, 5) is 48.2. The van der Waals surface area contributed by atoms with Crippen molar-refractivity contribution >= 4 is 23.8 Å². The number of carbonyl (C=O) groups is 4. The molecule has 2 atom stereocenters. The van der Waals surface area contributed by atoms with E-state index in [1.165, 1.54) is 29.8 Å². The molecule has 1 heterocycles. The van der Waals surface area contributed by atoms with E-state index in [4.69, 9.17) is 0 Å². The number of hydrogen-bond donors (Lipinski definition) is 4. The van der Waals surface area contributed by atoms with Gasteiger partial charge in [-0.15, -0.1) is 0 Å². The Bertz CT molecular complexity index is 561. The average Bonchev–Trinajstić information content (AvgIpc) is 2.47. The molecular formula is C14H22N4O6. The molecule has 1 aliphatic heterocycles. The van der Waals surface area contributed by atoms with Gasteiger partial charge in [0.15, 0.2) is 0 Å². The molecular weight excluding hydrogens is 320 g/mol. The monoisotopic (exact) mass is 342 g/mol. The largest absolute Gasteiger partial charge is 0.481 e. The Morgan fingerprint density at radius 3 is 2.58 bits per heavy atom. The van der Waals surface area contributed by atoms with E-state index in [2.05, 4.69) is 10.6 Å².